The van der Waals surface area contributed by atoms with Gasteiger partial charge in [0.15, 0.2) is 0 Å². The maximum atomic E-state index is 12.4. The predicted octanol–water partition coefficient (Wildman–Crippen LogP) is 5.07. The van der Waals surface area contributed by atoms with E-state index in [0.717, 1.165) is 19.5 Å². The first-order valence-corrected chi connectivity index (χ1v) is 10.8. The van der Waals surface area contributed by atoms with Gasteiger partial charge in [0.2, 0.25) is 0 Å². The molecule has 4 rings (SSSR count). The molecule has 0 aromatic heterocycles. The number of hydrogen-bond acceptors (Lipinski definition) is 2. The van der Waals surface area contributed by atoms with Gasteiger partial charge in [-0.1, -0.05) is 53.5 Å². The number of halogens is 2. The fourth-order valence-corrected chi connectivity index (χ4v) is 5.02. The standard InChI is InChI=1S/C23H26Cl2N2O/c24-20-12-18(13-21(25)14-20)22(28)26-16-19-15-23(19)7-10-27(11-8-23)9-6-17-4-2-1-3-5-17/h1-5,12-14,19H,6-11,15-16H2,(H,26,28). The van der Waals surface area contributed by atoms with E-state index in [1.807, 2.05) is 0 Å². The molecular weight excluding hydrogens is 391 g/mol. The second-order valence-electron chi connectivity index (χ2n) is 8.21. The van der Waals surface area contributed by atoms with Crippen LogP contribution in [0, 0.1) is 11.3 Å². The summed E-state index contributed by atoms with van der Waals surface area (Å²) in [5, 5.41) is 4.05. The lowest BCUT2D eigenvalue weighted by molar-refractivity contribution is 0.0947. The number of likely N-dealkylation sites (tertiary alicyclic amines) is 1. The molecule has 0 radical (unpaired) electrons. The Morgan fingerprint density at radius 3 is 2.43 bits per heavy atom. The van der Waals surface area contributed by atoms with Crippen LogP contribution in [0.15, 0.2) is 48.5 Å². The second-order valence-corrected chi connectivity index (χ2v) is 9.08. The van der Waals surface area contributed by atoms with Crippen LogP contribution in [0.4, 0.5) is 0 Å². The molecule has 1 heterocycles. The van der Waals surface area contributed by atoms with E-state index >= 15 is 0 Å². The first-order chi connectivity index (χ1) is 13.5. The Bertz CT molecular complexity index is 812. The number of benzene rings is 2. The van der Waals surface area contributed by atoms with Gasteiger partial charge in [-0.25, -0.2) is 0 Å². The van der Waals surface area contributed by atoms with Crippen LogP contribution in [0.5, 0.6) is 0 Å². The van der Waals surface area contributed by atoms with E-state index in [2.05, 4.69) is 40.5 Å². The first-order valence-electron chi connectivity index (χ1n) is 10.0. The van der Waals surface area contributed by atoms with Crippen LogP contribution in [-0.2, 0) is 6.42 Å². The van der Waals surface area contributed by atoms with Crippen LogP contribution >= 0.6 is 23.2 Å². The number of nitrogens with zero attached hydrogens (tertiary/aromatic N) is 1. The lowest BCUT2D eigenvalue weighted by Crippen LogP contribution is -2.37. The molecule has 5 heteroatoms. The molecule has 148 valence electrons. The Morgan fingerprint density at radius 2 is 1.75 bits per heavy atom. The summed E-state index contributed by atoms with van der Waals surface area (Å²) in [6.45, 7) is 4.21. The van der Waals surface area contributed by atoms with Crippen molar-refractivity contribution in [1.29, 1.82) is 0 Å². The van der Waals surface area contributed by atoms with Crippen molar-refractivity contribution in [2.45, 2.75) is 25.7 Å². The molecule has 1 atom stereocenters. The molecule has 1 aliphatic carbocycles. The number of piperidine rings is 1. The third-order valence-corrected chi connectivity index (χ3v) is 6.84. The van der Waals surface area contributed by atoms with Crippen molar-refractivity contribution in [2.75, 3.05) is 26.2 Å². The van der Waals surface area contributed by atoms with E-state index in [1.54, 1.807) is 18.2 Å². The summed E-state index contributed by atoms with van der Waals surface area (Å²) < 4.78 is 0. The summed E-state index contributed by atoms with van der Waals surface area (Å²) in [6, 6.07) is 15.7. The largest absolute Gasteiger partial charge is 0.352 e. The molecule has 1 spiro atoms. The Hall–Kier alpha value is -1.55. The van der Waals surface area contributed by atoms with Crippen LogP contribution in [-0.4, -0.2) is 37.0 Å². The molecular formula is C23H26Cl2N2O. The number of hydrogen-bond donors (Lipinski definition) is 1. The smallest absolute Gasteiger partial charge is 0.251 e. The number of amides is 1. The van der Waals surface area contributed by atoms with Gasteiger partial charge in [0.25, 0.3) is 5.91 Å². The van der Waals surface area contributed by atoms with E-state index in [-0.39, 0.29) is 5.91 Å². The minimum Gasteiger partial charge on any atom is -0.352 e. The van der Waals surface area contributed by atoms with Gasteiger partial charge in [-0.15, -0.1) is 0 Å². The number of rotatable bonds is 6. The monoisotopic (exact) mass is 416 g/mol. The average Bonchev–Trinajstić information content (AvgIpc) is 3.37. The summed E-state index contributed by atoms with van der Waals surface area (Å²) in [7, 11) is 0. The van der Waals surface area contributed by atoms with E-state index < -0.39 is 0 Å². The van der Waals surface area contributed by atoms with Crippen molar-refractivity contribution in [1.82, 2.24) is 10.2 Å². The lowest BCUT2D eigenvalue weighted by Gasteiger charge is -2.33. The quantitative estimate of drug-likeness (QED) is 0.712. The van der Waals surface area contributed by atoms with Crippen LogP contribution in [0.3, 0.4) is 0 Å². The van der Waals surface area contributed by atoms with Crippen molar-refractivity contribution < 1.29 is 4.79 Å². The molecule has 1 saturated carbocycles. The molecule has 1 saturated heterocycles. The van der Waals surface area contributed by atoms with Gasteiger partial charge in [-0.3, -0.25) is 4.79 Å². The van der Waals surface area contributed by atoms with Crippen molar-refractivity contribution >= 4 is 29.1 Å². The summed E-state index contributed by atoms with van der Waals surface area (Å²) in [5.41, 5.74) is 2.39. The summed E-state index contributed by atoms with van der Waals surface area (Å²) in [6.07, 6.45) is 4.84. The highest BCUT2D eigenvalue weighted by atomic mass is 35.5. The molecule has 2 aromatic carbocycles. The van der Waals surface area contributed by atoms with Gasteiger partial charge in [0.1, 0.15) is 0 Å². The predicted molar refractivity (Wildman–Crippen MR) is 115 cm³/mol. The minimum absolute atomic E-state index is 0.0910. The lowest BCUT2D eigenvalue weighted by atomic mass is 9.90. The molecule has 2 aliphatic rings. The van der Waals surface area contributed by atoms with Crippen LogP contribution in [0.1, 0.15) is 35.2 Å². The average molecular weight is 417 g/mol. The van der Waals surface area contributed by atoms with Gasteiger partial charge in [0, 0.05) is 28.7 Å². The Labute approximate surface area is 177 Å². The minimum atomic E-state index is -0.0910. The van der Waals surface area contributed by atoms with Crippen LogP contribution in [0.25, 0.3) is 0 Å². The molecule has 1 unspecified atom stereocenters. The third-order valence-electron chi connectivity index (χ3n) is 6.40. The molecule has 1 N–H and O–H groups in total. The summed E-state index contributed by atoms with van der Waals surface area (Å²) >= 11 is 12.0. The number of nitrogens with one attached hydrogen (secondary N) is 1. The van der Waals surface area contributed by atoms with Gasteiger partial charge < -0.3 is 10.2 Å². The maximum absolute atomic E-state index is 12.4. The topological polar surface area (TPSA) is 32.3 Å². The first kappa shape index (κ1) is 19.8. The van der Waals surface area contributed by atoms with Crippen molar-refractivity contribution in [3.8, 4) is 0 Å². The molecule has 2 fully saturated rings. The maximum Gasteiger partial charge on any atom is 0.251 e. The highest BCUT2D eigenvalue weighted by Gasteiger charge is 2.54. The third kappa shape index (κ3) is 4.71. The van der Waals surface area contributed by atoms with E-state index in [1.165, 1.54) is 37.9 Å². The highest BCUT2D eigenvalue weighted by Crippen LogP contribution is 2.59. The molecule has 2 aromatic rings. The zero-order valence-electron chi connectivity index (χ0n) is 16.0. The molecule has 1 aliphatic heterocycles. The van der Waals surface area contributed by atoms with Crippen molar-refractivity contribution in [3.05, 3.63) is 69.7 Å². The Kier molecular flexibility index (Phi) is 5.96. The fourth-order valence-electron chi connectivity index (χ4n) is 4.49. The second kappa shape index (κ2) is 8.44. The van der Waals surface area contributed by atoms with Gasteiger partial charge >= 0.3 is 0 Å². The van der Waals surface area contributed by atoms with Gasteiger partial charge in [-0.2, -0.15) is 0 Å². The van der Waals surface area contributed by atoms with Crippen LogP contribution < -0.4 is 5.32 Å². The van der Waals surface area contributed by atoms with Crippen molar-refractivity contribution in [3.63, 3.8) is 0 Å². The highest BCUT2D eigenvalue weighted by molar-refractivity contribution is 6.35. The zero-order valence-corrected chi connectivity index (χ0v) is 17.5. The SMILES string of the molecule is O=C(NCC1CC12CCN(CCc1ccccc1)CC2)c1cc(Cl)cc(Cl)c1. The van der Waals surface area contributed by atoms with Crippen molar-refractivity contribution in [2.24, 2.45) is 11.3 Å². The van der Waals surface area contributed by atoms with Gasteiger partial charge in [0.05, 0.1) is 0 Å². The molecule has 0 bridgehead atoms. The Morgan fingerprint density at radius 1 is 1.07 bits per heavy atom. The summed E-state index contributed by atoms with van der Waals surface area (Å²) in [5.74, 6) is 0.508. The van der Waals surface area contributed by atoms with E-state index in [9.17, 15) is 4.79 Å². The van der Waals surface area contributed by atoms with Crippen LogP contribution in [0.2, 0.25) is 10.0 Å². The number of carbonyl (C=O) groups is 1. The molecule has 28 heavy (non-hydrogen) atoms. The molecule has 1 amide bonds. The summed E-state index contributed by atoms with van der Waals surface area (Å²) in [4.78, 5) is 15.0. The fraction of sp³-hybridized carbons (Fsp3) is 0.435. The van der Waals surface area contributed by atoms with E-state index in [0.29, 0.717) is 26.9 Å². The van der Waals surface area contributed by atoms with Gasteiger partial charge in [-0.05, 0) is 73.9 Å². The normalized spacial score (nSPS) is 20.9. The molecule has 3 nitrogen and oxygen atoms in total. The van der Waals surface area contributed by atoms with E-state index in [4.69, 9.17) is 23.2 Å². The zero-order chi connectivity index (χ0) is 19.6. The number of carbonyl (C=O) groups excluding carboxylic acids is 1. The Balaban J connectivity index is 1.21.